The van der Waals surface area contributed by atoms with Gasteiger partial charge in [0.15, 0.2) is 5.96 Å². The van der Waals surface area contributed by atoms with Crippen molar-refractivity contribution in [2.75, 3.05) is 20.1 Å². The molecule has 1 rings (SSSR count). The number of aromatic nitrogens is 1. The van der Waals surface area contributed by atoms with Crippen LogP contribution in [0.5, 0.6) is 0 Å². The molecule has 5 nitrogen and oxygen atoms in total. The van der Waals surface area contributed by atoms with Crippen molar-refractivity contribution in [3.63, 3.8) is 0 Å². The minimum absolute atomic E-state index is 0. The minimum Gasteiger partial charge on any atom is -0.355 e. The molecule has 7 heteroatoms. The molecule has 146 valence electrons. The number of guanidine groups is 1. The molecule has 0 spiro atoms. The Labute approximate surface area is 175 Å². The summed E-state index contributed by atoms with van der Waals surface area (Å²) in [5.74, 6) is 0.827. The first-order valence-electron chi connectivity index (χ1n) is 8.80. The number of hydrogen-bond donors (Lipinski definition) is 2. The molecule has 0 aliphatic rings. The Balaban J connectivity index is 0.00000576. The summed E-state index contributed by atoms with van der Waals surface area (Å²) in [6, 6.07) is 1.10. The van der Waals surface area contributed by atoms with E-state index in [2.05, 4.69) is 74.4 Å². The van der Waals surface area contributed by atoms with Crippen LogP contribution in [0.3, 0.4) is 0 Å². The van der Waals surface area contributed by atoms with Crippen LogP contribution in [0.2, 0.25) is 0 Å². The number of thiazole rings is 1. The predicted octanol–water partition coefficient (Wildman–Crippen LogP) is 3.84. The van der Waals surface area contributed by atoms with Crippen molar-refractivity contribution in [3.05, 3.63) is 16.1 Å². The van der Waals surface area contributed by atoms with Gasteiger partial charge in [-0.1, -0.05) is 20.8 Å². The summed E-state index contributed by atoms with van der Waals surface area (Å²) >= 11 is 1.73. The van der Waals surface area contributed by atoms with Crippen LogP contribution in [0.15, 0.2) is 10.4 Å². The van der Waals surface area contributed by atoms with Crippen molar-refractivity contribution in [1.29, 1.82) is 0 Å². The SMILES string of the molecule is CN=C(NCCN(C(C)C)C(C)C)NCc1csc(C(C)(C)C)n1.I. The van der Waals surface area contributed by atoms with Crippen LogP contribution in [-0.2, 0) is 12.0 Å². The normalized spacial score (nSPS) is 12.7. The third-order valence-electron chi connectivity index (χ3n) is 3.84. The first kappa shape index (κ1) is 24.6. The van der Waals surface area contributed by atoms with E-state index in [-0.39, 0.29) is 29.4 Å². The van der Waals surface area contributed by atoms with E-state index in [0.29, 0.717) is 18.6 Å². The fraction of sp³-hybridized carbons (Fsp3) is 0.778. The number of aliphatic imine (C=N–C) groups is 1. The van der Waals surface area contributed by atoms with E-state index in [1.165, 1.54) is 5.01 Å². The van der Waals surface area contributed by atoms with Gasteiger partial charge in [-0.25, -0.2) is 4.98 Å². The smallest absolute Gasteiger partial charge is 0.191 e. The number of nitrogens with zero attached hydrogens (tertiary/aromatic N) is 3. The van der Waals surface area contributed by atoms with Crippen molar-refractivity contribution in [1.82, 2.24) is 20.5 Å². The van der Waals surface area contributed by atoms with Gasteiger partial charge in [-0.15, -0.1) is 35.3 Å². The highest BCUT2D eigenvalue weighted by Crippen LogP contribution is 2.25. The molecule has 0 saturated carbocycles. The second-order valence-corrected chi connectivity index (χ2v) is 8.53. The zero-order valence-corrected chi connectivity index (χ0v) is 20.2. The average molecular weight is 481 g/mol. The van der Waals surface area contributed by atoms with Crippen LogP contribution in [0.25, 0.3) is 0 Å². The van der Waals surface area contributed by atoms with E-state index >= 15 is 0 Å². The molecule has 0 radical (unpaired) electrons. The molecular formula is C18H36IN5S. The zero-order chi connectivity index (χ0) is 18.3. The first-order chi connectivity index (χ1) is 11.1. The maximum absolute atomic E-state index is 4.71. The molecule has 1 heterocycles. The average Bonchev–Trinajstić information content (AvgIpc) is 2.94. The van der Waals surface area contributed by atoms with Crippen LogP contribution in [0.1, 0.15) is 59.2 Å². The third-order valence-corrected chi connectivity index (χ3v) is 5.16. The van der Waals surface area contributed by atoms with Crippen LogP contribution in [-0.4, -0.2) is 48.1 Å². The Bertz CT molecular complexity index is 512. The Morgan fingerprint density at radius 3 is 2.24 bits per heavy atom. The van der Waals surface area contributed by atoms with Gasteiger partial charge < -0.3 is 10.6 Å². The Morgan fingerprint density at radius 1 is 1.20 bits per heavy atom. The highest BCUT2D eigenvalue weighted by atomic mass is 127. The van der Waals surface area contributed by atoms with E-state index in [0.717, 1.165) is 24.7 Å². The van der Waals surface area contributed by atoms with Crippen molar-refractivity contribution < 1.29 is 0 Å². The van der Waals surface area contributed by atoms with Crippen molar-refractivity contribution in [2.45, 2.75) is 72.5 Å². The topological polar surface area (TPSA) is 52.6 Å². The highest BCUT2D eigenvalue weighted by molar-refractivity contribution is 14.0. The predicted molar refractivity (Wildman–Crippen MR) is 121 cm³/mol. The summed E-state index contributed by atoms with van der Waals surface area (Å²) in [5, 5.41) is 10.0. The van der Waals surface area contributed by atoms with Crippen molar-refractivity contribution >= 4 is 41.3 Å². The second kappa shape index (κ2) is 11.3. The number of rotatable bonds is 7. The standard InChI is InChI=1S/C18H35N5S.HI/c1-13(2)23(14(3)4)10-9-20-17(19-8)21-11-15-12-24-16(22-15)18(5,6)7;/h12-14H,9-11H2,1-8H3,(H2,19,20,21);1H. The molecule has 25 heavy (non-hydrogen) atoms. The van der Waals surface area contributed by atoms with E-state index < -0.39 is 0 Å². The highest BCUT2D eigenvalue weighted by Gasteiger charge is 2.18. The first-order valence-corrected chi connectivity index (χ1v) is 9.68. The summed E-state index contributed by atoms with van der Waals surface area (Å²) < 4.78 is 0. The molecule has 0 fully saturated rings. The lowest BCUT2D eigenvalue weighted by molar-refractivity contribution is 0.178. The molecule has 0 atom stereocenters. The molecular weight excluding hydrogens is 445 g/mol. The third kappa shape index (κ3) is 8.68. The quantitative estimate of drug-likeness (QED) is 0.353. The molecule has 0 aliphatic carbocycles. The van der Waals surface area contributed by atoms with E-state index in [1.807, 2.05) is 0 Å². The summed E-state index contributed by atoms with van der Waals surface area (Å²) in [6.07, 6.45) is 0. The van der Waals surface area contributed by atoms with Crippen LogP contribution >= 0.6 is 35.3 Å². The molecule has 2 N–H and O–H groups in total. The van der Waals surface area contributed by atoms with Gasteiger partial charge in [-0.3, -0.25) is 9.89 Å². The largest absolute Gasteiger partial charge is 0.355 e. The van der Waals surface area contributed by atoms with Crippen molar-refractivity contribution in [3.8, 4) is 0 Å². The van der Waals surface area contributed by atoms with Gasteiger partial charge in [0.25, 0.3) is 0 Å². The van der Waals surface area contributed by atoms with Gasteiger partial charge in [0, 0.05) is 43.0 Å². The maximum Gasteiger partial charge on any atom is 0.191 e. The second-order valence-electron chi connectivity index (χ2n) is 7.67. The van der Waals surface area contributed by atoms with Crippen molar-refractivity contribution in [2.24, 2.45) is 4.99 Å². The van der Waals surface area contributed by atoms with E-state index in [9.17, 15) is 0 Å². The molecule has 0 aliphatic heterocycles. The minimum atomic E-state index is 0. The summed E-state index contributed by atoms with van der Waals surface area (Å²) in [6.45, 7) is 18.1. The summed E-state index contributed by atoms with van der Waals surface area (Å²) in [7, 11) is 1.81. The lowest BCUT2D eigenvalue weighted by Crippen LogP contribution is -2.45. The van der Waals surface area contributed by atoms with E-state index in [4.69, 9.17) is 4.98 Å². The molecule has 0 saturated heterocycles. The lowest BCUT2D eigenvalue weighted by Gasteiger charge is -2.30. The fourth-order valence-corrected chi connectivity index (χ4v) is 3.45. The van der Waals surface area contributed by atoms with Gasteiger partial charge in [0.2, 0.25) is 0 Å². The van der Waals surface area contributed by atoms with Gasteiger partial charge in [0.05, 0.1) is 17.2 Å². The Hall–Kier alpha value is -0.410. The zero-order valence-electron chi connectivity index (χ0n) is 17.0. The van der Waals surface area contributed by atoms with Gasteiger partial charge in [0.1, 0.15) is 0 Å². The van der Waals surface area contributed by atoms with E-state index in [1.54, 1.807) is 18.4 Å². The number of nitrogens with one attached hydrogen (secondary N) is 2. The van der Waals surface area contributed by atoms with Gasteiger partial charge in [-0.2, -0.15) is 0 Å². The molecule has 0 aromatic carbocycles. The fourth-order valence-electron chi connectivity index (χ4n) is 2.54. The lowest BCUT2D eigenvalue weighted by atomic mass is 9.98. The Kier molecular flexibility index (Phi) is 11.1. The van der Waals surface area contributed by atoms with Crippen LogP contribution in [0.4, 0.5) is 0 Å². The molecule has 1 aromatic rings. The molecule has 0 bridgehead atoms. The summed E-state index contributed by atoms with van der Waals surface area (Å²) in [5.41, 5.74) is 1.18. The van der Waals surface area contributed by atoms with Gasteiger partial charge in [-0.05, 0) is 27.7 Å². The Morgan fingerprint density at radius 2 is 1.80 bits per heavy atom. The number of hydrogen-bond acceptors (Lipinski definition) is 4. The molecule has 0 unspecified atom stereocenters. The molecule has 1 aromatic heterocycles. The summed E-state index contributed by atoms with van der Waals surface area (Å²) in [4.78, 5) is 11.5. The van der Waals surface area contributed by atoms with Gasteiger partial charge >= 0.3 is 0 Å². The monoisotopic (exact) mass is 481 g/mol. The number of halogens is 1. The molecule has 0 amide bonds. The van der Waals surface area contributed by atoms with Crippen LogP contribution in [0, 0.1) is 0 Å². The maximum atomic E-state index is 4.71. The van der Waals surface area contributed by atoms with Crippen LogP contribution < -0.4 is 10.6 Å².